The van der Waals surface area contributed by atoms with E-state index in [0.29, 0.717) is 4.83 Å². The van der Waals surface area contributed by atoms with Gasteiger partial charge in [0.05, 0.1) is 5.75 Å². The van der Waals surface area contributed by atoms with E-state index < -0.39 is 10.0 Å². The summed E-state index contributed by atoms with van der Waals surface area (Å²) in [4.78, 5) is 0.302. The summed E-state index contributed by atoms with van der Waals surface area (Å²) >= 11 is 3.62. The van der Waals surface area contributed by atoms with Crippen LogP contribution < -0.4 is 0 Å². The van der Waals surface area contributed by atoms with E-state index in [2.05, 4.69) is 15.9 Å². The summed E-state index contributed by atoms with van der Waals surface area (Å²) in [6.45, 7) is 5.89. The minimum Gasteiger partial charge on any atom is -0.212 e. The normalized spacial score (nSPS) is 27.4. The lowest BCUT2D eigenvalue weighted by Crippen LogP contribution is -2.46. The van der Waals surface area contributed by atoms with Crippen molar-refractivity contribution in [2.75, 3.05) is 12.8 Å². The first-order valence-corrected chi connectivity index (χ1v) is 8.76. The lowest BCUT2D eigenvalue weighted by atomic mass is 9.95. The molecule has 5 heteroatoms. The molecule has 1 aliphatic rings. The zero-order chi connectivity index (χ0) is 13.3. The largest absolute Gasteiger partial charge is 0.214 e. The fourth-order valence-corrected chi connectivity index (χ4v) is 5.39. The van der Waals surface area contributed by atoms with E-state index in [4.69, 9.17) is 0 Å². The zero-order valence-corrected chi connectivity index (χ0v) is 13.6. The fourth-order valence-electron chi connectivity index (χ4n) is 2.33. The van der Waals surface area contributed by atoms with Crippen molar-refractivity contribution in [3.8, 4) is 0 Å². The average molecular weight is 326 g/mol. The van der Waals surface area contributed by atoms with Gasteiger partial charge in [-0.25, -0.2) is 12.7 Å². The standard InChI is InChI=1S/C12H24BrNO2S/c1-12(2,3)9-17(15,16)14(4)11-8-6-5-7-10(11)13/h10-11H,5-9H2,1-4H3. The van der Waals surface area contributed by atoms with E-state index in [1.54, 1.807) is 11.4 Å². The van der Waals surface area contributed by atoms with E-state index in [9.17, 15) is 8.42 Å². The van der Waals surface area contributed by atoms with Crippen LogP contribution in [-0.2, 0) is 10.0 Å². The smallest absolute Gasteiger partial charge is 0.212 e. The van der Waals surface area contributed by atoms with Crippen LogP contribution in [0, 0.1) is 5.41 Å². The predicted octanol–water partition coefficient (Wildman–Crippen LogP) is 3.00. The zero-order valence-electron chi connectivity index (χ0n) is 11.2. The Balaban J connectivity index is 2.77. The quantitative estimate of drug-likeness (QED) is 0.748. The van der Waals surface area contributed by atoms with Crippen LogP contribution in [0.4, 0.5) is 0 Å². The second-order valence-electron chi connectivity index (χ2n) is 6.20. The Morgan fingerprint density at radius 1 is 1.24 bits per heavy atom. The van der Waals surface area contributed by atoms with Crippen LogP contribution in [0.5, 0.6) is 0 Å². The molecule has 1 aliphatic carbocycles. The SMILES string of the molecule is CN(C1CCCCC1Br)S(=O)(=O)CC(C)(C)C. The third-order valence-electron chi connectivity index (χ3n) is 3.17. The molecule has 2 atom stereocenters. The second kappa shape index (κ2) is 5.57. The highest BCUT2D eigenvalue weighted by molar-refractivity contribution is 9.09. The average Bonchev–Trinajstić information content (AvgIpc) is 2.13. The van der Waals surface area contributed by atoms with Gasteiger partial charge in [-0.2, -0.15) is 0 Å². The van der Waals surface area contributed by atoms with E-state index >= 15 is 0 Å². The molecule has 17 heavy (non-hydrogen) atoms. The summed E-state index contributed by atoms with van der Waals surface area (Å²) in [5.74, 6) is 0.215. The van der Waals surface area contributed by atoms with Crippen molar-refractivity contribution < 1.29 is 8.42 Å². The molecule has 0 amide bonds. The van der Waals surface area contributed by atoms with E-state index in [1.807, 2.05) is 20.8 Å². The predicted molar refractivity (Wildman–Crippen MR) is 76.0 cm³/mol. The molecular weight excluding hydrogens is 302 g/mol. The Morgan fingerprint density at radius 3 is 2.24 bits per heavy atom. The Kier molecular flexibility index (Phi) is 5.07. The highest BCUT2D eigenvalue weighted by atomic mass is 79.9. The minimum atomic E-state index is -3.15. The van der Waals surface area contributed by atoms with Crippen molar-refractivity contribution >= 4 is 26.0 Å². The number of alkyl halides is 1. The van der Waals surface area contributed by atoms with Crippen molar-refractivity contribution in [2.24, 2.45) is 5.41 Å². The van der Waals surface area contributed by atoms with Gasteiger partial charge in [-0.15, -0.1) is 0 Å². The Morgan fingerprint density at radius 2 is 1.76 bits per heavy atom. The molecule has 3 nitrogen and oxygen atoms in total. The van der Waals surface area contributed by atoms with Gasteiger partial charge in [-0.05, 0) is 18.3 Å². The first kappa shape index (κ1) is 15.4. The van der Waals surface area contributed by atoms with Gasteiger partial charge in [0.2, 0.25) is 10.0 Å². The van der Waals surface area contributed by atoms with Crippen molar-refractivity contribution in [1.29, 1.82) is 0 Å². The summed E-state index contributed by atoms with van der Waals surface area (Å²) in [7, 11) is -1.42. The first-order chi connectivity index (χ1) is 7.63. The van der Waals surface area contributed by atoms with E-state index in [-0.39, 0.29) is 17.2 Å². The van der Waals surface area contributed by atoms with Gasteiger partial charge in [0.1, 0.15) is 0 Å². The summed E-state index contributed by atoms with van der Waals surface area (Å²) in [5.41, 5.74) is -0.191. The second-order valence-corrected chi connectivity index (χ2v) is 9.41. The molecule has 0 heterocycles. The molecule has 0 radical (unpaired) electrons. The van der Waals surface area contributed by atoms with Gasteiger partial charge in [-0.1, -0.05) is 49.5 Å². The molecule has 0 spiro atoms. The van der Waals surface area contributed by atoms with E-state index in [1.165, 1.54) is 6.42 Å². The molecule has 0 aromatic heterocycles. The van der Waals surface area contributed by atoms with Crippen LogP contribution >= 0.6 is 15.9 Å². The topological polar surface area (TPSA) is 37.4 Å². The van der Waals surface area contributed by atoms with Crippen LogP contribution in [-0.4, -0.2) is 36.4 Å². The number of halogens is 1. The highest BCUT2D eigenvalue weighted by Gasteiger charge is 2.34. The molecule has 102 valence electrons. The van der Waals surface area contributed by atoms with Gasteiger partial charge in [0.25, 0.3) is 0 Å². The summed E-state index contributed by atoms with van der Waals surface area (Å²) < 4.78 is 26.2. The number of hydrogen-bond donors (Lipinski definition) is 0. The molecule has 0 aliphatic heterocycles. The van der Waals surface area contributed by atoms with Gasteiger partial charge in [0.15, 0.2) is 0 Å². The first-order valence-electron chi connectivity index (χ1n) is 6.23. The van der Waals surface area contributed by atoms with Crippen molar-refractivity contribution in [2.45, 2.75) is 57.3 Å². The molecule has 1 saturated carbocycles. The van der Waals surface area contributed by atoms with Crippen LogP contribution in [0.25, 0.3) is 0 Å². The van der Waals surface area contributed by atoms with E-state index in [0.717, 1.165) is 19.3 Å². The maximum atomic E-state index is 12.3. The van der Waals surface area contributed by atoms with Gasteiger partial charge in [-0.3, -0.25) is 0 Å². The third-order valence-corrected chi connectivity index (χ3v) is 6.62. The molecule has 0 saturated heterocycles. The van der Waals surface area contributed by atoms with Crippen LogP contribution in [0.3, 0.4) is 0 Å². The fraction of sp³-hybridized carbons (Fsp3) is 1.00. The van der Waals surface area contributed by atoms with Gasteiger partial charge in [0, 0.05) is 17.9 Å². The summed E-state index contributed by atoms with van der Waals surface area (Å²) in [6.07, 6.45) is 4.36. The maximum absolute atomic E-state index is 12.3. The minimum absolute atomic E-state index is 0.121. The Bertz CT molecular complexity index is 348. The van der Waals surface area contributed by atoms with Gasteiger partial charge < -0.3 is 0 Å². The molecule has 0 bridgehead atoms. The summed E-state index contributed by atoms with van der Waals surface area (Å²) in [5, 5.41) is 0. The molecular formula is C12H24BrNO2S. The molecule has 2 unspecified atom stereocenters. The van der Waals surface area contributed by atoms with Crippen LogP contribution in [0.1, 0.15) is 46.5 Å². The van der Waals surface area contributed by atoms with Gasteiger partial charge >= 0.3 is 0 Å². The molecule has 1 fully saturated rings. The Hall–Kier alpha value is 0.390. The lowest BCUT2D eigenvalue weighted by Gasteiger charge is -2.35. The summed E-state index contributed by atoms with van der Waals surface area (Å²) in [6, 6.07) is 0.121. The number of hydrogen-bond acceptors (Lipinski definition) is 2. The van der Waals surface area contributed by atoms with Crippen molar-refractivity contribution in [3.63, 3.8) is 0 Å². The van der Waals surface area contributed by atoms with Crippen molar-refractivity contribution in [1.82, 2.24) is 4.31 Å². The monoisotopic (exact) mass is 325 g/mol. The Labute approximate surface area is 114 Å². The third kappa shape index (κ3) is 4.52. The molecule has 0 aromatic rings. The molecule has 0 N–H and O–H groups in total. The lowest BCUT2D eigenvalue weighted by molar-refractivity contribution is 0.292. The van der Waals surface area contributed by atoms with Crippen molar-refractivity contribution in [3.05, 3.63) is 0 Å². The molecule has 1 rings (SSSR count). The maximum Gasteiger partial charge on any atom is 0.214 e. The number of nitrogens with zero attached hydrogens (tertiary/aromatic N) is 1. The molecule has 0 aromatic carbocycles. The number of rotatable bonds is 3. The number of sulfonamides is 1. The van der Waals surface area contributed by atoms with Crippen LogP contribution in [0.2, 0.25) is 0 Å². The highest BCUT2D eigenvalue weighted by Crippen LogP contribution is 2.30. The van der Waals surface area contributed by atoms with Crippen LogP contribution in [0.15, 0.2) is 0 Å².